The molecule has 1 rings (SSSR count). The number of nitrogens with one attached hydrogen (secondary N) is 1. The summed E-state index contributed by atoms with van der Waals surface area (Å²) in [4.78, 5) is 27.4. The minimum atomic E-state index is -0.860. The number of aromatic nitrogens is 1. The topological polar surface area (TPSA) is 94.3 Å². The zero-order valence-corrected chi connectivity index (χ0v) is 12.1. The van der Waals surface area contributed by atoms with Crippen LogP contribution in [0.5, 0.6) is 0 Å². The lowest BCUT2D eigenvalue weighted by atomic mass is 10.2. The minimum Gasteiger partial charge on any atom is -0.448 e. The molecule has 1 amide bonds. The highest BCUT2D eigenvalue weighted by Gasteiger charge is 2.20. The van der Waals surface area contributed by atoms with Crippen LogP contribution in [0.4, 0.5) is 5.69 Å². The molecular formula is C14H21N3O3. The Balaban J connectivity index is 2.52. The monoisotopic (exact) mass is 279 g/mol. The first-order chi connectivity index (χ1) is 9.43. The van der Waals surface area contributed by atoms with E-state index in [1.807, 2.05) is 13.8 Å². The van der Waals surface area contributed by atoms with E-state index >= 15 is 0 Å². The summed E-state index contributed by atoms with van der Waals surface area (Å²) in [6, 6.07) is 3.07. The molecule has 0 fully saturated rings. The van der Waals surface area contributed by atoms with E-state index < -0.39 is 12.1 Å². The SMILES string of the molecule is CCCC(C)NC(=O)C(C)OC(=O)c1ccc(N)cn1. The lowest BCUT2D eigenvalue weighted by Gasteiger charge is -2.17. The van der Waals surface area contributed by atoms with Crippen molar-refractivity contribution >= 4 is 17.6 Å². The van der Waals surface area contributed by atoms with Crippen LogP contribution < -0.4 is 11.1 Å². The van der Waals surface area contributed by atoms with Crippen LogP contribution in [0.1, 0.15) is 44.1 Å². The van der Waals surface area contributed by atoms with Crippen LogP contribution in [0.15, 0.2) is 18.3 Å². The summed E-state index contributed by atoms with van der Waals surface area (Å²) in [5, 5.41) is 2.79. The number of nitrogen functional groups attached to an aromatic ring is 1. The molecule has 0 saturated heterocycles. The number of ether oxygens (including phenoxy) is 1. The number of amides is 1. The smallest absolute Gasteiger partial charge is 0.357 e. The molecule has 2 unspecified atom stereocenters. The molecule has 0 aliphatic rings. The number of anilines is 1. The first-order valence-electron chi connectivity index (χ1n) is 6.67. The van der Waals surface area contributed by atoms with Gasteiger partial charge in [0.15, 0.2) is 6.10 Å². The van der Waals surface area contributed by atoms with Gasteiger partial charge in [-0.25, -0.2) is 9.78 Å². The zero-order chi connectivity index (χ0) is 15.1. The van der Waals surface area contributed by atoms with Gasteiger partial charge in [0.2, 0.25) is 0 Å². The van der Waals surface area contributed by atoms with Crippen LogP contribution in [0.3, 0.4) is 0 Å². The van der Waals surface area contributed by atoms with Gasteiger partial charge in [0.25, 0.3) is 5.91 Å². The molecule has 0 saturated carbocycles. The fourth-order valence-electron chi connectivity index (χ4n) is 1.67. The first kappa shape index (κ1) is 15.9. The summed E-state index contributed by atoms with van der Waals surface area (Å²) in [5.41, 5.74) is 6.07. The normalized spacial score (nSPS) is 13.3. The number of nitrogens with zero attached hydrogens (tertiary/aromatic N) is 1. The van der Waals surface area contributed by atoms with Crippen molar-refractivity contribution in [2.45, 2.75) is 45.8 Å². The predicted molar refractivity (Wildman–Crippen MR) is 76.0 cm³/mol. The molecule has 1 aromatic rings. The number of hydrogen-bond donors (Lipinski definition) is 2. The number of carbonyl (C=O) groups is 2. The van der Waals surface area contributed by atoms with E-state index in [0.29, 0.717) is 5.69 Å². The molecule has 0 aliphatic carbocycles. The van der Waals surface area contributed by atoms with Crippen molar-refractivity contribution in [1.29, 1.82) is 0 Å². The van der Waals surface area contributed by atoms with Gasteiger partial charge in [0, 0.05) is 6.04 Å². The van der Waals surface area contributed by atoms with Crippen molar-refractivity contribution in [3.63, 3.8) is 0 Å². The Hall–Kier alpha value is -2.11. The highest BCUT2D eigenvalue weighted by Crippen LogP contribution is 2.05. The lowest BCUT2D eigenvalue weighted by Crippen LogP contribution is -2.40. The maximum absolute atomic E-state index is 11.8. The summed E-state index contributed by atoms with van der Waals surface area (Å²) in [6.07, 6.45) is 2.36. The van der Waals surface area contributed by atoms with Gasteiger partial charge in [-0.05, 0) is 32.4 Å². The second-order valence-corrected chi connectivity index (χ2v) is 4.72. The average Bonchev–Trinajstić information content (AvgIpc) is 2.39. The number of rotatable bonds is 6. The Bertz CT molecular complexity index is 459. The van der Waals surface area contributed by atoms with Gasteiger partial charge in [-0.1, -0.05) is 13.3 Å². The molecule has 0 spiro atoms. The van der Waals surface area contributed by atoms with E-state index in [0.717, 1.165) is 12.8 Å². The highest BCUT2D eigenvalue weighted by molar-refractivity contribution is 5.90. The molecule has 6 nitrogen and oxygen atoms in total. The molecule has 6 heteroatoms. The molecule has 1 heterocycles. The third-order valence-electron chi connectivity index (χ3n) is 2.76. The summed E-state index contributed by atoms with van der Waals surface area (Å²) in [6.45, 7) is 5.49. The first-order valence-corrected chi connectivity index (χ1v) is 6.67. The summed E-state index contributed by atoms with van der Waals surface area (Å²) in [7, 11) is 0. The third kappa shape index (κ3) is 4.87. The number of carbonyl (C=O) groups excluding carboxylic acids is 2. The van der Waals surface area contributed by atoms with E-state index in [4.69, 9.17) is 10.5 Å². The van der Waals surface area contributed by atoms with Gasteiger partial charge in [-0.3, -0.25) is 4.79 Å². The predicted octanol–water partition coefficient (Wildman–Crippen LogP) is 1.51. The molecule has 1 aromatic heterocycles. The quantitative estimate of drug-likeness (QED) is 0.770. The number of nitrogens with two attached hydrogens (primary N) is 1. The van der Waals surface area contributed by atoms with Crippen molar-refractivity contribution < 1.29 is 14.3 Å². The van der Waals surface area contributed by atoms with Crippen molar-refractivity contribution in [1.82, 2.24) is 10.3 Å². The van der Waals surface area contributed by atoms with Gasteiger partial charge in [0.05, 0.1) is 11.9 Å². The lowest BCUT2D eigenvalue weighted by molar-refractivity contribution is -0.129. The average molecular weight is 279 g/mol. The highest BCUT2D eigenvalue weighted by atomic mass is 16.5. The van der Waals surface area contributed by atoms with Gasteiger partial charge >= 0.3 is 5.97 Å². The van der Waals surface area contributed by atoms with Gasteiger partial charge in [0.1, 0.15) is 5.69 Å². The fourth-order valence-corrected chi connectivity index (χ4v) is 1.67. The van der Waals surface area contributed by atoms with E-state index in [1.165, 1.54) is 19.2 Å². The zero-order valence-electron chi connectivity index (χ0n) is 12.1. The van der Waals surface area contributed by atoms with E-state index in [2.05, 4.69) is 10.3 Å². The van der Waals surface area contributed by atoms with Crippen LogP contribution in [0.2, 0.25) is 0 Å². The summed E-state index contributed by atoms with van der Waals surface area (Å²) < 4.78 is 5.06. The Morgan fingerprint density at radius 2 is 2.10 bits per heavy atom. The fraction of sp³-hybridized carbons (Fsp3) is 0.500. The molecule has 20 heavy (non-hydrogen) atoms. The molecule has 3 N–H and O–H groups in total. The van der Waals surface area contributed by atoms with Gasteiger partial charge in [-0.15, -0.1) is 0 Å². The van der Waals surface area contributed by atoms with Crippen molar-refractivity contribution in [3.8, 4) is 0 Å². The van der Waals surface area contributed by atoms with Crippen LogP contribution in [0, 0.1) is 0 Å². The molecule has 0 aromatic carbocycles. The molecule has 2 atom stereocenters. The maximum atomic E-state index is 11.8. The Labute approximate surface area is 118 Å². The Morgan fingerprint density at radius 1 is 1.40 bits per heavy atom. The Kier molecular flexibility index (Phi) is 5.96. The largest absolute Gasteiger partial charge is 0.448 e. The van der Waals surface area contributed by atoms with Crippen LogP contribution in [-0.2, 0) is 9.53 Å². The third-order valence-corrected chi connectivity index (χ3v) is 2.76. The summed E-state index contributed by atoms with van der Waals surface area (Å²) in [5.74, 6) is -0.953. The van der Waals surface area contributed by atoms with Crippen molar-refractivity contribution in [2.24, 2.45) is 0 Å². The molecular weight excluding hydrogens is 258 g/mol. The number of esters is 1. The van der Waals surface area contributed by atoms with E-state index in [-0.39, 0.29) is 17.6 Å². The van der Waals surface area contributed by atoms with Gasteiger partial charge < -0.3 is 15.8 Å². The molecule has 110 valence electrons. The second-order valence-electron chi connectivity index (χ2n) is 4.72. The molecule has 0 aliphatic heterocycles. The Morgan fingerprint density at radius 3 is 2.65 bits per heavy atom. The minimum absolute atomic E-state index is 0.0586. The molecule has 0 bridgehead atoms. The van der Waals surface area contributed by atoms with Crippen molar-refractivity contribution in [3.05, 3.63) is 24.0 Å². The number of pyridine rings is 1. The second kappa shape index (κ2) is 7.47. The van der Waals surface area contributed by atoms with E-state index in [1.54, 1.807) is 6.07 Å². The van der Waals surface area contributed by atoms with Gasteiger partial charge in [-0.2, -0.15) is 0 Å². The number of hydrogen-bond acceptors (Lipinski definition) is 5. The van der Waals surface area contributed by atoms with E-state index in [9.17, 15) is 9.59 Å². The van der Waals surface area contributed by atoms with Crippen molar-refractivity contribution in [2.75, 3.05) is 5.73 Å². The van der Waals surface area contributed by atoms with Crippen LogP contribution >= 0.6 is 0 Å². The standard InChI is InChI=1S/C14H21N3O3/c1-4-5-9(2)17-13(18)10(3)20-14(19)12-7-6-11(15)8-16-12/h6-10H,4-5,15H2,1-3H3,(H,17,18). The van der Waals surface area contributed by atoms with Crippen LogP contribution in [-0.4, -0.2) is 29.0 Å². The molecule has 0 radical (unpaired) electrons. The van der Waals surface area contributed by atoms with Crippen LogP contribution in [0.25, 0.3) is 0 Å². The summed E-state index contributed by atoms with van der Waals surface area (Å²) >= 11 is 0. The maximum Gasteiger partial charge on any atom is 0.357 e.